The van der Waals surface area contributed by atoms with E-state index in [1.54, 1.807) is 0 Å². The van der Waals surface area contributed by atoms with E-state index in [0.717, 1.165) is 25.0 Å². The van der Waals surface area contributed by atoms with Crippen molar-refractivity contribution >= 4 is 0 Å². The lowest BCUT2D eigenvalue weighted by Gasteiger charge is -2.26. The zero-order valence-corrected chi connectivity index (χ0v) is 11.1. The van der Waals surface area contributed by atoms with Crippen molar-refractivity contribution in [2.45, 2.75) is 58.2 Å². The number of hydrogen-bond acceptors (Lipinski definition) is 2. The molecule has 0 aromatic heterocycles. The van der Waals surface area contributed by atoms with Crippen LogP contribution in [0.4, 0.5) is 0 Å². The van der Waals surface area contributed by atoms with Gasteiger partial charge in [0.25, 0.3) is 0 Å². The Bertz CT molecular complexity index is 223. The molecule has 1 heterocycles. The molecule has 0 aromatic carbocycles. The van der Waals surface area contributed by atoms with E-state index in [-0.39, 0.29) is 6.29 Å². The van der Waals surface area contributed by atoms with E-state index in [9.17, 15) is 0 Å². The van der Waals surface area contributed by atoms with E-state index in [0.29, 0.717) is 0 Å². The smallest absolute Gasteiger partial charge is 0.177 e. The first-order valence-electron chi connectivity index (χ1n) is 7.30. The van der Waals surface area contributed by atoms with E-state index in [2.05, 4.69) is 19.1 Å². The fourth-order valence-electron chi connectivity index (χ4n) is 2.90. The molecule has 2 nitrogen and oxygen atoms in total. The second-order valence-corrected chi connectivity index (χ2v) is 5.42. The molecule has 98 valence electrons. The Balaban J connectivity index is 1.64. The van der Waals surface area contributed by atoms with Gasteiger partial charge >= 0.3 is 0 Å². The van der Waals surface area contributed by atoms with Crippen LogP contribution in [0.2, 0.25) is 0 Å². The molecule has 0 spiro atoms. The summed E-state index contributed by atoms with van der Waals surface area (Å²) in [6, 6.07) is 0. The summed E-state index contributed by atoms with van der Waals surface area (Å²) in [4.78, 5) is 0. The van der Waals surface area contributed by atoms with Crippen LogP contribution in [0.25, 0.3) is 0 Å². The molecule has 2 rings (SSSR count). The largest absolute Gasteiger partial charge is 0.347 e. The Labute approximate surface area is 105 Å². The van der Waals surface area contributed by atoms with Crippen LogP contribution >= 0.6 is 0 Å². The van der Waals surface area contributed by atoms with Gasteiger partial charge in [0.2, 0.25) is 0 Å². The topological polar surface area (TPSA) is 18.5 Å². The van der Waals surface area contributed by atoms with Crippen molar-refractivity contribution in [2.24, 2.45) is 11.8 Å². The number of rotatable bonds is 5. The molecular formula is C15H26O2. The molecule has 2 aliphatic rings. The van der Waals surface area contributed by atoms with Crippen molar-refractivity contribution in [3.05, 3.63) is 12.2 Å². The van der Waals surface area contributed by atoms with E-state index in [4.69, 9.17) is 9.47 Å². The van der Waals surface area contributed by atoms with E-state index >= 15 is 0 Å². The molecule has 17 heavy (non-hydrogen) atoms. The maximum Gasteiger partial charge on any atom is 0.177 e. The van der Waals surface area contributed by atoms with Crippen molar-refractivity contribution in [1.29, 1.82) is 0 Å². The summed E-state index contributed by atoms with van der Waals surface area (Å²) in [6.45, 7) is 3.79. The van der Waals surface area contributed by atoms with Gasteiger partial charge in [0.1, 0.15) is 0 Å². The summed E-state index contributed by atoms with van der Waals surface area (Å²) in [5, 5.41) is 0. The van der Waals surface area contributed by atoms with Crippen LogP contribution in [0.1, 0.15) is 51.9 Å². The molecule has 1 aliphatic carbocycles. The zero-order valence-electron chi connectivity index (χ0n) is 11.1. The van der Waals surface area contributed by atoms with Crippen LogP contribution in [0.15, 0.2) is 12.2 Å². The fraction of sp³-hybridized carbons (Fsp3) is 0.867. The molecule has 1 aliphatic heterocycles. The van der Waals surface area contributed by atoms with Crippen LogP contribution in [0, 0.1) is 11.8 Å². The van der Waals surface area contributed by atoms with Crippen LogP contribution in [-0.2, 0) is 9.47 Å². The van der Waals surface area contributed by atoms with E-state index in [1.165, 1.54) is 44.9 Å². The van der Waals surface area contributed by atoms with Gasteiger partial charge in [-0.2, -0.15) is 0 Å². The summed E-state index contributed by atoms with van der Waals surface area (Å²) in [7, 11) is 0. The third kappa shape index (κ3) is 4.44. The monoisotopic (exact) mass is 238 g/mol. The molecule has 0 atom stereocenters. The van der Waals surface area contributed by atoms with Crippen molar-refractivity contribution < 1.29 is 9.47 Å². The van der Waals surface area contributed by atoms with Crippen molar-refractivity contribution in [3.63, 3.8) is 0 Å². The van der Waals surface area contributed by atoms with Gasteiger partial charge in [0.05, 0.1) is 13.2 Å². The van der Waals surface area contributed by atoms with Gasteiger partial charge in [-0.1, -0.05) is 32.3 Å². The molecule has 0 aromatic rings. The summed E-state index contributed by atoms with van der Waals surface area (Å²) in [5.41, 5.74) is 0. The van der Waals surface area contributed by atoms with Gasteiger partial charge in [-0.15, -0.1) is 0 Å². The molecule has 0 amide bonds. The van der Waals surface area contributed by atoms with Gasteiger partial charge < -0.3 is 9.47 Å². The molecular weight excluding hydrogens is 212 g/mol. The van der Waals surface area contributed by atoms with Crippen LogP contribution in [0.5, 0.6) is 0 Å². The highest BCUT2D eigenvalue weighted by Gasteiger charge is 2.19. The average molecular weight is 238 g/mol. The third-order valence-corrected chi connectivity index (χ3v) is 4.05. The first-order valence-corrected chi connectivity index (χ1v) is 7.30. The van der Waals surface area contributed by atoms with Crippen molar-refractivity contribution in [1.82, 2.24) is 0 Å². The lowest BCUT2D eigenvalue weighted by Crippen LogP contribution is -2.13. The zero-order chi connectivity index (χ0) is 11.9. The van der Waals surface area contributed by atoms with Crippen molar-refractivity contribution in [3.8, 4) is 0 Å². The maximum atomic E-state index is 5.41. The Kier molecular flexibility index (Phi) is 5.53. The summed E-state index contributed by atoms with van der Waals surface area (Å²) in [5.74, 6) is 1.76. The molecule has 0 radical (unpaired) electrons. The second kappa shape index (κ2) is 7.17. The van der Waals surface area contributed by atoms with Crippen LogP contribution in [0.3, 0.4) is 0 Å². The van der Waals surface area contributed by atoms with Crippen LogP contribution in [-0.4, -0.2) is 19.5 Å². The minimum absolute atomic E-state index is 0.0622. The number of unbranched alkanes of at least 4 members (excludes halogenated alkanes) is 1. The Hall–Kier alpha value is -0.340. The standard InChI is InChI=1S/C15H26O2/c1-2-3-4-13-5-7-14(8-6-13)9-10-15-16-11-12-17-15/h9-10,13-15H,2-8,11-12H2,1H3. The molecule has 0 bridgehead atoms. The van der Waals surface area contributed by atoms with Crippen molar-refractivity contribution in [2.75, 3.05) is 13.2 Å². The quantitative estimate of drug-likeness (QED) is 0.676. The molecule has 2 fully saturated rings. The van der Waals surface area contributed by atoms with Crippen LogP contribution < -0.4 is 0 Å². The molecule has 1 saturated heterocycles. The Morgan fingerprint density at radius 3 is 2.35 bits per heavy atom. The molecule has 0 N–H and O–H groups in total. The average Bonchev–Trinajstić information content (AvgIpc) is 2.88. The van der Waals surface area contributed by atoms with Gasteiger partial charge in [-0.05, 0) is 43.6 Å². The first-order chi connectivity index (χ1) is 8.38. The number of hydrogen-bond donors (Lipinski definition) is 0. The lowest BCUT2D eigenvalue weighted by atomic mass is 9.80. The van der Waals surface area contributed by atoms with Gasteiger partial charge in [0, 0.05) is 0 Å². The summed E-state index contributed by atoms with van der Waals surface area (Å²) in [6.07, 6.45) is 14.1. The lowest BCUT2D eigenvalue weighted by molar-refractivity contribution is -0.00204. The maximum absolute atomic E-state index is 5.41. The van der Waals surface area contributed by atoms with E-state index < -0.39 is 0 Å². The highest BCUT2D eigenvalue weighted by molar-refractivity contribution is 4.93. The fourth-order valence-corrected chi connectivity index (χ4v) is 2.90. The highest BCUT2D eigenvalue weighted by Crippen LogP contribution is 2.32. The van der Waals surface area contributed by atoms with Gasteiger partial charge in [0.15, 0.2) is 6.29 Å². The third-order valence-electron chi connectivity index (χ3n) is 4.05. The minimum atomic E-state index is -0.0622. The normalized spacial score (nSPS) is 31.4. The summed E-state index contributed by atoms with van der Waals surface area (Å²) >= 11 is 0. The predicted octanol–water partition coefficient (Wildman–Crippen LogP) is 3.91. The predicted molar refractivity (Wildman–Crippen MR) is 69.8 cm³/mol. The molecule has 1 saturated carbocycles. The first kappa shape index (κ1) is 13.1. The Morgan fingerprint density at radius 1 is 1.00 bits per heavy atom. The number of allylic oxidation sites excluding steroid dienone is 1. The summed E-state index contributed by atoms with van der Waals surface area (Å²) < 4.78 is 10.8. The molecule has 2 heteroatoms. The van der Waals surface area contributed by atoms with Gasteiger partial charge in [-0.25, -0.2) is 0 Å². The second-order valence-electron chi connectivity index (χ2n) is 5.42. The minimum Gasteiger partial charge on any atom is -0.347 e. The Morgan fingerprint density at radius 2 is 1.71 bits per heavy atom. The van der Waals surface area contributed by atoms with Gasteiger partial charge in [-0.3, -0.25) is 0 Å². The highest BCUT2D eigenvalue weighted by atomic mass is 16.7. The number of ether oxygens (including phenoxy) is 2. The molecule has 0 unspecified atom stereocenters. The van der Waals surface area contributed by atoms with E-state index in [1.807, 2.05) is 0 Å². The SMILES string of the molecule is CCCCC1CCC(C=CC2OCCO2)CC1.